The molecule has 1 saturated heterocycles. The minimum absolute atomic E-state index is 0.0300. The van der Waals surface area contributed by atoms with Crippen LogP contribution in [0.4, 0.5) is 4.79 Å². The number of benzene rings is 2. The van der Waals surface area contributed by atoms with Crippen LogP contribution in [0.15, 0.2) is 48.5 Å². The summed E-state index contributed by atoms with van der Waals surface area (Å²) in [6.45, 7) is 2.76. The van der Waals surface area contributed by atoms with E-state index in [-0.39, 0.29) is 25.0 Å². The van der Waals surface area contributed by atoms with Gasteiger partial charge in [-0.15, -0.1) is 0 Å². The molecule has 1 heterocycles. The maximum atomic E-state index is 12.7. The van der Waals surface area contributed by atoms with E-state index in [1.54, 1.807) is 0 Å². The molecular formula is C27H32N2O6. The summed E-state index contributed by atoms with van der Waals surface area (Å²) in [5.74, 6) is -1.79. The molecular weight excluding hydrogens is 448 g/mol. The molecule has 2 aromatic rings. The van der Waals surface area contributed by atoms with Crippen LogP contribution in [-0.2, 0) is 19.1 Å². The van der Waals surface area contributed by atoms with Crippen LogP contribution in [0.1, 0.15) is 49.7 Å². The maximum absolute atomic E-state index is 12.7. The van der Waals surface area contributed by atoms with Gasteiger partial charge in [-0.05, 0) is 35.1 Å². The Bertz CT molecular complexity index is 1030. The molecule has 1 fully saturated rings. The van der Waals surface area contributed by atoms with Gasteiger partial charge in [-0.3, -0.25) is 4.79 Å². The van der Waals surface area contributed by atoms with Crippen molar-refractivity contribution in [3.63, 3.8) is 0 Å². The van der Waals surface area contributed by atoms with Crippen molar-refractivity contribution >= 4 is 18.0 Å². The molecule has 2 aromatic carbocycles. The summed E-state index contributed by atoms with van der Waals surface area (Å²) in [5, 5.41) is 14.7. The average Bonchev–Trinajstić information content (AvgIpc) is 3.46. The minimum atomic E-state index is -1.06. The number of alkyl carbamates (subject to hydrolysis) is 1. The van der Waals surface area contributed by atoms with E-state index < -0.39 is 30.1 Å². The molecule has 0 bridgehead atoms. The minimum Gasteiger partial charge on any atom is -0.480 e. The first-order valence-corrected chi connectivity index (χ1v) is 12.2. The van der Waals surface area contributed by atoms with Crippen molar-refractivity contribution in [2.45, 2.75) is 50.7 Å². The quantitative estimate of drug-likeness (QED) is 0.478. The second-order valence-electron chi connectivity index (χ2n) is 9.09. The Labute approximate surface area is 205 Å². The number of carboxylic acids is 1. The van der Waals surface area contributed by atoms with Crippen LogP contribution in [-0.4, -0.2) is 55.0 Å². The predicted octanol–water partition coefficient (Wildman–Crippen LogP) is 3.69. The highest BCUT2D eigenvalue weighted by Crippen LogP contribution is 2.44. The largest absolute Gasteiger partial charge is 0.480 e. The lowest BCUT2D eigenvalue weighted by atomic mass is 9.98. The lowest BCUT2D eigenvalue weighted by Gasteiger charge is -2.21. The molecule has 0 radical (unpaired) electrons. The van der Waals surface area contributed by atoms with Crippen LogP contribution in [0.25, 0.3) is 11.1 Å². The van der Waals surface area contributed by atoms with Crippen LogP contribution in [0.2, 0.25) is 0 Å². The summed E-state index contributed by atoms with van der Waals surface area (Å²) >= 11 is 0. The second kappa shape index (κ2) is 11.4. The molecule has 0 saturated carbocycles. The van der Waals surface area contributed by atoms with Gasteiger partial charge in [0.05, 0.1) is 0 Å². The first kappa shape index (κ1) is 24.7. The SMILES string of the molecule is CCCC[C@H](NC(=O)[C@@H]1OCC[C@@H]1CNC(=O)OCC1c2ccccc2-c2ccccc21)C(=O)O. The summed E-state index contributed by atoms with van der Waals surface area (Å²) in [6, 6.07) is 15.3. The number of unbranched alkanes of at least 4 members (excludes halogenated alkanes) is 1. The lowest BCUT2D eigenvalue weighted by molar-refractivity contribution is -0.144. The number of ether oxygens (including phenoxy) is 2. The van der Waals surface area contributed by atoms with E-state index in [2.05, 4.69) is 34.9 Å². The smallest absolute Gasteiger partial charge is 0.407 e. The van der Waals surface area contributed by atoms with Crippen molar-refractivity contribution < 1.29 is 29.0 Å². The number of amides is 2. The van der Waals surface area contributed by atoms with Crippen LogP contribution >= 0.6 is 0 Å². The number of hydrogen-bond acceptors (Lipinski definition) is 5. The van der Waals surface area contributed by atoms with Gasteiger partial charge in [0.2, 0.25) is 5.91 Å². The van der Waals surface area contributed by atoms with E-state index in [0.717, 1.165) is 28.7 Å². The maximum Gasteiger partial charge on any atom is 0.407 e. The molecule has 1 aliphatic carbocycles. The summed E-state index contributed by atoms with van der Waals surface area (Å²) in [7, 11) is 0. The predicted molar refractivity (Wildman–Crippen MR) is 130 cm³/mol. The number of rotatable bonds is 10. The third-order valence-electron chi connectivity index (χ3n) is 6.79. The Kier molecular flexibility index (Phi) is 8.02. The molecule has 3 N–H and O–H groups in total. The number of carbonyl (C=O) groups excluding carboxylic acids is 2. The Morgan fingerprint density at radius 3 is 2.37 bits per heavy atom. The van der Waals surface area contributed by atoms with Gasteiger partial charge >= 0.3 is 12.1 Å². The van der Waals surface area contributed by atoms with Gasteiger partial charge in [0.1, 0.15) is 18.8 Å². The van der Waals surface area contributed by atoms with E-state index >= 15 is 0 Å². The molecule has 8 heteroatoms. The monoisotopic (exact) mass is 480 g/mol. The van der Waals surface area contributed by atoms with Gasteiger partial charge in [-0.2, -0.15) is 0 Å². The van der Waals surface area contributed by atoms with Gasteiger partial charge in [-0.1, -0.05) is 68.3 Å². The Hall–Kier alpha value is -3.39. The Balaban J connectivity index is 1.29. The van der Waals surface area contributed by atoms with Crippen LogP contribution in [0.5, 0.6) is 0 Å². The van der Waals surface area contributed by atoms with Gasteiger partial charge < -0.3 is 25.2 Å². The van der Waals surface area contributed by atoms with E-state index in [1.165, 1.54) is 0 Å². The fraction of sp³-hybridized carbons (Fsp3) is 0.444. The summed E-state index contributed by atoms with van der Waals surface area (Å²) in [5.41, 5.74) is 4.59. The highest BCUT2D eigenvalue weighted by atomic mass is 16.5. The topological polar surface area (TPSA) is 114 Å². The third-order valence-corrected chi connectivity index (χ3v) is 6.79. The summed E-state index contributed by atoms with van der Waals surface area (Å²) in [6.07, 6.45) is 1.15. The molecule has 0 spiro atoms. The fourth-order valence-electron chi connectivity index (χ4n) is 4.92. The van der Waals surface area contributed by atoms with Crippen molar-refractivity contribution in [2.75, 3.05) is 19.8 Å². The highest BCUT2D eigenvalue weighted by Gasteiger charge is 2.36. The highest BCUT2D eigenvalue weighted by molar-refractivity contribution is 5.86. The first-order chi connectivity index (χ1) is 17.0. The van der Waals surface area contributed by atoms with E-state index in [9.17, 15) is 19.5 Å². The number of aliphatic carboxylic acids is 1. The number of carboxylic acid groups (broad SMARTS) is 1. The number of fused-ring (bicyclic) bond motifs is 3. The van der Waals surface area contributed by atoms with Crippen molar-refractivity contribution in [2.24, 2.45) is 5.92 Å². The van der Waals surface area contributed by atoms with Gasteiger partial charge in [0.25, 0.3) is 0 Å². The van der Waals surface area contributed by atoms with Gasteiger partial charge in [-0.25, -0.2) is 9.59 Å². The standard InChI is InChI=1S/C27H32N2O6/c1-2-3-12-23(26(31)32)29-25(30)24-17(13-14-34-24)15-28-27(33)35-16-22-20-10-6-4-8-18(20)19-9-5-7-11-21(19)22/h4-11,17,22-24H,2-3,12-16H2,1H3,(H,28,33)(H,29,30)(H,31,32)/t17-,23+,24-/m1/s1. The van der Waals surface area contributed by atoms with Gasteiger partial charge in [0.15, 0.2) is 0 Å². The van der Waals surface area contributed by atoms with Crippen LogP contribution in [0, 0.1) is 5.92 Å². The molecule has 4 rings (SSSR count). The zero-order chi connectivity index (χ0) is 24.8. The van der Waals surface area contributed by atoms with Crippen molar-refractivity contribution in [1.29, 1.82) is 0 Å². The fourth-order valence-corrected chi connectivity index (χ4v) is 4.92. The van der Waals surface area contributed by atoms with E-state index in [0.29, 0.717) is 25.9 Å². The lowest BCUT2D eigenvalue weighted by Crippen LogP contribution is -2.48. The molecule has 35 heavy (non-hydrogen) atoms. The Morgan fingerprint density at radius 2 is 1.74 bits per heavy atom. The number of carbonyl (C=O) groups is 3. The number of nitrogens with one attached hydrogen (secondary N) is 2. The zero-order valence-corrected chi connectivity index (χ0v) is 19.9. The molecule has 8 nitrogen and oxygen atoms in total. The number of hydrogen-bond donors (Lipinski definition) is 3. The summed E-state index contributed by atoms with van der Waals surface area (Å²) in [4.78, 5) is 36.6. The molecule has 3 atom stereocenters. The molecule has 186 valence electrons. The molecule has 1 aliphatic heterocycles. The van der Waals surface area contributed by atoms with Crippen LogP contribution < -0.4 is 10.6 Å². The van der Waals surface area contributed by atoms with Crippen LogP contribution in [0.3, 0.4) is 0 Å². The molecule has 2 aliphatic rings. The summed E-state index contributed by atoms with van der Waals surface area (Å²) < 4.78 is 11.1. The van der Waals surface area contributed by atoms with Crippen molar-refractivity contribution in [3.05, 3.63) is 59.7 Å². The van der Waals surface area contributed by atoms with Crippen molar-refractivity contribution in [1.82, 2.24) is 10.6 Å². The van der Waals surface area contributed by atoms with E-state index in [1.807, 2.05) is 31.2 Å². The second-order valence-corrected chi connectivity index (χ2v) is 9.09. The molecule has 0 aromatic heterocycles. The molecule has 0 unspecified atom stereocenters. The van der Waals surface area contributed by atoms with Gasteiger partial charge in [0, 0.05) is 25.0 Å². The normalized spacial score (nSPS) is 19.5. The Morgan fingerprint density at radius 1 is 1.09 bits per heavy atom. The third kappa shape index (κ3) is 5.65. The average molecular weight is 481 g/mol. The zero-order valence-electron chi connectivity index (χ0n) is 19.9. The molecule has 2 amide bonds. The van der Waals surface area contributed by atoms with Crippen molar-refractivity contribution in [3.8, 4) is 11.1 Å². The van der Waals surface area contributed by atoms with E-state index in [4.69, 9.17) is 9.47 Å². The first-order valence-electron chi connectivity index (χ1n) is 12.2.